The van der Waals surface area contributed by atoms with Crippen LogP contribution in [0.25, 0.3) is 0 Å². The lowest BCUT2D eigenvalue weighted by molar-refractivity contribution is -0.114. The summed E-state index contributed by atoms with van der Waals surface area (Å²) in [7, 11) is 0. The summed E-state index contributed by atoms with van der Waals surface area (Å²) >= 11 is 1.47. The minimum Gasteiger partial charge on any atom is -0.352 e. The maximum absolute atomic E-state index is 11.7. The van der Waals surface area contributed by atoms with Crippen LogP contribution in [0.4, 0.5) is 10.8 Å². The number of hydrogen-bond acceptors (Lipinski definition) is 4. The molecule has 19 heavy (non-hydrogen) atoms. The summed E-state index contributed by atoms with van der Waals surface area (Å²) in [5, 5.41) is 8.44. The number of benzene rings is 1. The Morgan fingerprint density at radius 3 is 2.63 bits per heavy atom. The zero-order chi connectivity index (χ0) is 13.7. The zero-order valence-corrected chi connectivity index (χ0v) is 11.8. The van der Waals surface area contributed by atoms with E-state index in [1.807, 2.05) is 29.6 Å². The van der Waals surface area contributed by atoms with Crippen LogP contribution < -0.4 is 10.6 Å². The Labute approximate surface area is 116 Å². The number of amides is 1. The quantitative estimate of drug-likeness (QED) is 0.880. The van der Waals surface area contributed by atoms with Gasteiger partial charge >= 0.3 is 0 Å². The molecule has 0 saturated carbocycles. The van der Waals surface area contributed by atoms with Crippen LogP contribution in [0.1, 0.15) is 25.3 Å². The van der Waals surface area contributed by atoms with Crippen molar-refractivity contribution in [2.75, 3.05) is 17.2 Å². The molecule has 0 atom stereocenters. The Morgan fingerprint density at radius 2 is 2.05 bits per heavy atom. The Kier molecular flexibility index (Phi) is 4.52. The van der Waals surface area contributed by atoms with Crippen molar-refractivity contribution in [2.24, 2.45) is 0 Å². The van der Waals surface area contributed by atoms with Gasteiger partial charge in [-0.15, -0.1) is 11.3 Å². The first-order valence-electron chi connectivity index (χ1n) is 6.18. The highest BCUT2D eigenvalue weighted by molar-refractivity contribution is 7.13. The van der Waals surface area contributed by atoms with Crippen LogP contribution in [0.2, 0.25) is 0 Å². The van der Waals surface area contributed by atoms with E-state index in [-0.39, 0.29) is 12.5 Å². The first kappa shape index (κ1) is 13.5. The molecule has 0 aliphatic carbocycles. The van der Waals surface area contributed by atoms with Crippen LogP contribution in [0, 0.1) is 0 Å². The van der Waals surface area contributed by atoms with Crippen molar-refractivity contribution in [3.8, 4) is 0 Å². The summed E-state index contributed by atoms with van der Waals surface area (Å²) in [4.78, 5) is 15.8. The highest BCUT2D eigenvalue weighted by Gasteiger charge is 2.04. The number of carbonyl (C=O) groups is 1. The molecule has 0 unspecified atom stereocenters. The third-order valence-electron chi connectivity index (χ3n) is 2.69. The van der Waals surface area contributed by atoms with Gasteiger partial charge in [0.1, 0.15) is 0 Å². The van der Waals surface area contributed by atoms with Crippen LogP contribution >= 0.6 is 11.3 Å². The van der Waals surface area contributed by atoms with Gasteiger partial charge in [-0.2, -0.15) is 0 Å². The molecule has 0 fully saturated rings. The summed E-state index contributed by atoms with van der Waals surface area (Å²) in [6, 6.07) is 7.93. The second kappa shape index (κ2) is 6.33. The molecule has 1 heterocycles. The third kappa shape index (κ3) is 4.06. The van der Waals surface area contributed by atoms with E-state index < -0.39 is 0 Å². The number of anilines is 2. The minimum atomic E-state index is -0.0764. The lowest BCUT2D eigenvalue weighted by Gasteiger charge is -2.08. The van der Waals surface area contributed by atoms with Crippen LogP contribution in [-0.4, -0.2) is 17.4 Å². The van der Waals surface area contributed by atoms with E-state index in [2.05, 4.69) is 29.5 Å². The maximum atomic E-state index is 11.7. The maximum Gasteiger partial charge on any atom is 0.243 e. The van der Waals surface area contributed by atoms with E-state index in [4.69, 9.17) is 0 Å². The van der Waals surface area contributed by atoms with Gasteiger partial charge in [0, 0.05) is 17.3 Å². The highest BCUT2D eigenvalue weighted by Crippen LogP contribution is 2.17. The largest absolute Gasteiger partial charge is 0.352 e. The lowest BCUT2D eigenvalue weighted by Crippen LogP contribution is -2.21. The van der Waals surface area contributed by atoms with Crippen molar-refractivity contribution < 1.29 is 4.79 Å². The molecule has 0 radical (unpaired) electrons. The van der Waals surface area contributed by atoms with E-state index in [1.165, 1.54) is 16.9 Å². The smallest absolute Gasteiger partial charge is 0.243 e. The molecule has 0 spiro atoms. The molecule has 5 heteroatoms. The molecule has 1 aromatic heterocycles. The van der Waals surface area contributed by atoms with Crippen LogP contribution in [0.15, 0.2) is 35.8 Å². The molecule has 2 N–H and O–H groups in total. The Bertz CT molecular complexity index is 520. The van der Waals surface area contributed by atoms with Crippen LogP contribution in [0.3, 0.4) is 0 Å². The van der Waals surface area contributed by atoms with Crippen molar-refractivity contribution in [1.29, 1.82) is 0 Å². The van der Waals surface area contributed by atoms with Gasteiger partial charge in [0.05, 0.1) is 6.54 Å². The fraction of sp³-hybridized carbons (Fsp3) is 0.286. The average molecular weight is 275 g/mol. The molecule has 0 aliphatic heterocycles. The van der Waals surface area contributed by atoms with E-state index in [0.29, 0.717) is 5.92 Å². The highest BCUT2D eigenvalue weighted by atomic mass is 32.1. The van der Waals surface area contributed by atoms with E-state index in [0.717, 1.165) is 10.8 Å². The standard InChI is InChI=1S/C14H17N3OS/c1-10(2)11-3-5-12(6-4-11)17-13(18)9-16-14-15-7-8-19-14/h3-8,10H,9H2,1-2H3,(H,15,16)(H,17,18). The summed E-state index contributed by atoms with van der Waals surface area (Å²) < 4.78 is 0. The molecule has 4 nitrogen and oxygen atoms in total. The van der Waals surface area contributed by atoms with Crippen molar-refractivity contribution in [1.82, 2.24) is 4.98 Å². The van der Waals surface area contributed by atoms with Crippen molar-refractivity contribution in [3.63, 3.8) is 0 Å². The number of thiazole rings is 1. The van der Waals surface area contributed by atoms with Gasteiger partial charge in [0.2, 0.25) is 5.91 Å². The van der Waals surface area contributed by atoms with Crippen LogP contribution in [-0.2, 0) is 4.79 Å². The number of nitrogens with zero attached hydrogens (tertiary/aromatic N) is 1. The average Bonchev–Trinajstić information content (AvgIpc) is 2.90. The molecule has 2 rings (SSSR count). The normalized spacial score (nSPS) is 10.5. The number of rotatable bonds is 5. The molecule has 100 valence electrons. The molecule has 0 bridgehead atoms. The molecule has 2 aromatic rings. The fourth-order valence-corrected chi connectivity index (χ4v) is 2.15. The number of aromatic nitrogens is 1. The van der Waals surface area contributed by atoms with Gasteiger partial charge in [-0.3, -0.25) is 4.79 Å². The molecular weight excluding hydrogens is 258 g/mol. The first-order chi connectivity index (χ1) is 9.15. The summed E-state index contributed by atoms with van der Waals surface area (Å²) in [6.45, 7) is 4.51. The van der Waals surface area contributed by atoms with Crippen molar-refractivity contribution in [3.05, 3.63) is 41.4 Å². The number of carbonyl (C=O) groups excluding carboxylic acids is 1. The third-order valence-corrected chi connectivity index (χ3v) is 3.42. The van der Waals surface area contributed by atoms with Gasteiger partial charge in [-0.1, -0.05) is 26.0 Å². The van der Waals surface area contributed by atoms with E-state index in [1.54, 1.807) is 6.20 Å². The first-order valence-corrected chi connectivity index (χ1v) is 7.06. The molecule has 1 amide bonds. The van der Waals surface area contributed by atoms with Crippen molar-refractivity contribution in [2.45, 2.75) is 19.8 Å². The monoisotopic (exact) mass is 275 g/mol. The minimum absolute atomic E-state index is 0.0764. The Morgan fingerprint density at radius 1 is 1.32 bits per heavy atom. The molecule has 1 aromatic carbocycles. The SMILES string of the molecule is CC(C)c1ccc(NC(=O)CNc2nccs2)cc1. The fourth-order valence-electron chi connectivity index (χ4n) is 1.62. The predicted molar refractivity (Wildman–Crippen MR) is 79.8 cm³/mol. The topological polar surface area (TPSA) is 54.0 Å². The van der Waals surface area contributed by atoms with E-state index in [9.17, 15) is 4.79 Å². The predicted octanol–water partition coefficient (Wildman–Crippen LogP) is 3.32. The lowest BCUT2D eigenvalue weighted by atomic mass is 10.0. The van der Waals surface area contributed by atoms with Crippen molar-refractivity contribution >= 4 is 28.1 Å². The van der Waals surface area contributed by atoms with Gasteiger partial charge in [-0.25, -0.2) is 4.98 Å². The van der Waals surface area contributed by atoms with Gasteiger partial charge in [0.15, 0.2) is 5.13 Å². The number of nitrogens with one attached hydrogen (secondary N) is 2. The van der Waals surface area contributed by atoms with E-state index >= 15 is 0 Å². The van der Waals surface area contributed by atoms with Gasteiger partial charge in [0.25, 0.3) is 0 Å². The van der Waals surface area contributed by atoms with Gasteiger partial charge in [-0.05, 0) is 23.6 Å². The Balaban J connectivity index is 1.84. The second-order valence-corrected chi connectivity index (χ2v) is 5.41. The second-order valence-electron chi connectivity index (χ2n) is 4.52. The Hall–Kier alpha value is -1.88. The summed E-state index contributed by atoms with van der Waals surface area (Å²) in [5.74, 6) is 0.420. The summed E-state index contributed by atoms with van der Waals surface area (Å²) in [5.41, 5.74) is 2.08. The zero-order valence-electron chi connectivity index (χ0n) is 11.0. The summed E-state index contributed by atoms with van der Waals surface area (Å²) in [6.07, 6.45) is 1.70. The van der Waals surface area contributed by atoms with Gasteiger partial charge < -0.3 is 10.6 Å². The molecule has 0 aliphatic rings. The molecule has 0 saturated heterocycles. The molecular formula is C14H17N3OS. The number of hydrogen-bond donors (Lipinski definition) is 2. The van der Waals surface area contributed by atoms with Crippen LogP contribution in [0.5, 0.6) is 0 Å².